The minimum absolute atomic E-state index is 0. The predicted molar refractivity (Wildman–Crippen MR) is 137 cm³/mol. The van der Waals surface area contributed by atoms with E-state index in [0.717, 1.165) is 11.3 Å². The van der Waals surface area contributed by atoms with Gasteiger partial charge < -0.3 is 24.8 Å². The number of ether oxygens (including phenoxy) is 1. The molecule has 180 valence electrons. The molecule has 1 aromatic heterocycles. The highest BCUT2D eigenvalue weighted by Crippen LogP contribution is 2.22. The molecule has 0 spiro atoms. The van der Waals surface area contributed by atoms with Gasteiger partial charge in [-0.2, -0.15) is 5.10 Å². The number of guanidine groups is 1. The van der Waals surface area contributed by atoms with Gasteiger partial charge in [-0.25, -0.2) is 9.38 Å². The number of anilines is 2. The van der Waals surface area contributed by atoms with Gasteiger partial charge in [-0.05, 0) is 24.6 Å². The Bertz CT molecular complexity index is 977. The third-order valence-corrected chi connectivity index (χ3v) is 5.63. The lowest BCUT2D eigenvalue weighted by atomic mass is 10.1. The molecule has 1 amide bonds. The summed E-state index contributed by atoms with van der Waals surface area (Å²) in [6.07, 6.45) is 3.53. The van der Waals surface area contributed by atoms with Gasteiger partial charge in [0.15, 0.2) is 5.96 Å². The lowest BCUT2D eigenvalue weighted by Gasteiger charge is -2.35. The van der Waals surface area contributed by atoms with E-state index in [1.165, 1.54) is 0 Å². The van der Waals surface area contributed by atoms with E-state index in [9.17, 15) is 9.18 Å². The van der Waals surface area contributed by atoms with Gasteiger partial charge in [-0.3, -0.25) is 9.48 Å². The second kappa shape index (κ2) is 11.6. The van der Waals surface area contributed by atoms with Crippen molar-refractivity contribution in [3.8, 4) is 0 Å². The average Bonchev–Trinajstić information content (AvgIpc) is 3.23. The van der Waals surface area contributed by atoms with Crippen molar-refractivity contribution in [1.29, 1.82) is 0 Å². The molecule has 2 aliphatic rings. The molecular weight excluding hydrogens is 540 g/mol. The Balaban J connectivity index is 0.00000306. The van der Waals surface area contributed by atoms with Crippen LogP contribution in [0.25, 0.3) is 0 Å². The van der Waals surface area contributed by atoms with E-state index >= 15 is 0 Å². The van der Waals surface area contributed by atoms with Gasteiger partial charge in [0.2, 0.25) is 5.91 Å². The molecule has 4 rings (SSSR count). The first kappa shape index (κ1) is 25.2. The molecule has 0 bridgehead atoms. The summed E-state index contributed by atoms with van der Waals surface area (Å²) in [5.74, 6) is 0.407. The number of aromatic nitrogens is 2. The number of nitrogens with one attached hydrogen (secondary N) is 1. The maximum Gasteiger partial charge on any atom is 0.246 e. The fraction of sp³-hybridized carbons (Fsp3) is 0.500. The summed E-state index contributed by atoms with van der Waals surface area (Å²) in [7, 11) is 1.83. The van der Waals surface area contributed by atoms with Gasteiger partial charge in [-0.15, -0.1) is 24.0 Å². The van der Waals surface area contributed by atoms with Crippen molar-refractivity contribution < 1.29 is 13.9 Å². The average molecular weight is 571 g/mol. The molecule has 0 radical (unpaired) electrons. The number of benzene rings is 1. The standard InChI is InChI=1S/C22H30FN7O2.HI/c1-3-24-22(29-6-7-30(21(31)16-29)18-14-26-27(2)15-18)25-13-17-4-5-20(19(23)12-17)28-8-10-32-11-9-28;/h4-5,12,14-15H,3,6-11,13,16H2,1-2H3,(H,24,25);1H. The summed E-state index contributed by atoms with van der Waals surface area (Å²) in [5, 5.41) is 7.40. The van der Waals surface area contributed by atoms with Gasteiger partial charge in [0.25, 0.3) is 0 Å². The highest BCUT2D eigenvalue weighted by atomic mass is 127. The van der Waals surface area contributed by atoms with Crippen LogP contribution in [0.15, 0.2) is 35.6 Å². The van der Waals surface area contributed by atoms with E-state index in [-0.39, 0.29) is 42.2 Å². The SMILES string of the molecule is CCNC(=NCc1ccc(N2CCOCC2)c(F)c1)N1CCN(c2cnn(C)c2)C(=O)C1.I. The molecule has 0 saturated carbocycles. The topological polar surface area (TPSA) is 78.2 Å². The van der Waals surface area contributed by atoms with Crippen LogP contribution in [0.3, 0.4) is 0 Å². The van der Waals surface area contributed by atoms with E-state index in [0.29, 0.717) is 64.1 Å². The molecule has 2 saturated heterocycles. The number of halogens is 2. The van der Waals surface area contributed by atoms with Crippen LogP contribution in [0.2, 0.25) is 0 Å². The number of hydrogen-bond acceptors (Lipinski definition) is 5. The molecule has 2 fully saturated rings. The van der Waals surface area contributed by atoms with Crippen molar-refractivity contribution in [2.24, 2.45) is 12.0 Å². The maximum absolute atomic E-state index is 14.7. The summed E-state index contributed by atoms with van der Waals surface area (Å²) < 4.78 is 21.7. The zero-order valence-corrected chi connectivity index (χ0v) is 21.4. The third-order valence-electron chi connectivity index (χ3n) is 5.63. The van der Waals surface area contributed by atoms with Gasteiger partial charge in [-0.1, -0.05) is 6.07 Å². The van der Waals surface area contributed by atoms with Crippen LogP contribution in [-0.2, 0) is 23.1 Å². The first-order valence-electron chi connectivity index (χ1n) is 11.0. The van der Waals surface area contributed by atoms with Crippen molar-refractivity contribution >= 4 is 47.2 Å². The molecule has 3 heterocycles. The van der Waals surface area contributed by atoms with E-state index in [4.69, 9.17) is 4.74 Å². The van der Waals surface area contributed by atoms with Gasteiger partial charge in [0, 0.05) is 46.0 Å². The Morgan fingerprint density at radius 3 is 2.67 bits per heavy atom. The van der Waals surface area contributed by atoms with Gasteiger partial charge in [0.05, 0.1) is 37.3 Å². The normalized spacial score (nSPS) is 17.2. The molecule has 0 atom stereocenters. The van der Waals surface area contributed by atoms with E-state index in [1.54, 1.807) is 21.8 Å². The van der Waals surface area contributed by atoms with Crippen LogP contribution in [0.5, 0.6) is 0 Å². The van der Waals surface area contributed by atoms with Crippen LogP contribution >= 0.6 is 24.0 Å². The van der Waals surface area contributed by atoms with Crippen LogP contribution in [0, 0.1) is 5.82 Å². The van der Waals surface area contributed by atoms with Crippen molar-refractivity contribution in [3.05, 3.63) is 42.0 Å². The van der Waals surface area contributed by atoms with Crippen molar-refractivity contribution in [2.75, 3.05) is 62.3 Å². The molecule has 0 unspecified atom stereocenters. The van der Waals surface area contributed by atoms with Crippen molar-refractivity contribution in [1.82, 2.24) is 20.0 Å². The number of carbonyl (C=O) groups excluding carboxylic acids is 1. The number of carbonyl (C=O) groups is 1. The summed E-state index contributed by atoms with van der Waals surface area (Å²) in [5.41, 5.74) is 2.19. The Morgan fingerprint density at radius 1 is 1.24 bits per heavy atom. The minimum Gasteiger partial charge on any atom is -0.378 e. The Kier molecular flexibility index (Phi) is 8.89. The molecule has 1 aromatic carbocycles. The Labute approximate surface area is 210 Å². The molecule has 2 aromatic rings. The number of piperazine rings is 1. The molecule has 9 nitrogen and oxygen atoms in total. The Hall–Kier alpha value is -2.41. The second-order valence-corrected chi connectivity index (χ2v) is 7.89. The highest BCUT2D eigenvalue weighted by molar-refractivity contribution is 14.0. The number of morpholine rings is 1. The lowest BCUT2D eigenvalue weighted by Crippen LogP contribution is -2.55. The van der Waals surface area contributed by atoms with E-state index in [1.807, 2.05) is 42.1 Å². The van der Waals surface area contributed by atoms with Gasteiger partial charge >= 0.3 is 0 Å². The lowest BCUT2D eigenvalue weighted by molar-refractivity contribution is -0.120. The van der Waals surface area contributed by atoms with Crippen molar-refractivity contribution in [3.63, 3.8) is 0 Å². The first-order valence-corrected chi connectivity index (χ1v) is 11.0. The number of aliphatic imine (C=N–C) groups is 1. The number of rotatable bonds is 5. The maximum atomic E-state index is 14.7. The zero-order chi connectivity index (χ0) is 22.5. The molecule has 2 aliphatic heterocycles. The van der Waals surface area contributed by atoms with Crippen LogP contribution in [0.1, 0.15) is 12.5 Å². The van der Waals surface area contributed by atoms with Crippen LogP contribution in [-0.4, -0.2) is 79.0 Å². The second-order valence-electron chi connectivity index (χ2n) is 7.89. The fourth-order valence-electron chi connectivity index (χ4n) is 3.98. The summed E-state index contributed by atoms with van der Waals surface area (Å²) in [6, 6.07) is 5.27. The molecule has 33 heavy (non-hydrogen) atoms. The smallest absolute Gasteiger partial charge is 0.246 e. The molecule has 0 aliphatic carbocycles. The van der Waals surface area contributed by atoms with Crippen LogP contribution < -0.4 is 15.1 Å². The summed E-state index contributed by atoms with van der Waals surface area (Å²) >= 11 is 0. The number of nitrogens with zero attached hydrogens (tertiary/aromatic N) is 6. The number of aryl methyl sites for hydroxylation is 1. The Morgan fingerprint density at radius 2 is 2.03 bits per heavy atom. The van der Waals surface area contributed by atoms with E-state index < -0.39 is 0 Å². The van der Waals surface area contributed by atoms with Gasteiger partial charge in [0.1, 0.15) is 12.4 Å². The third kappa shape index (κ3) is 6.14. The molecular formula is C22H31FIN7O2. The molecule has 11 heteroatoms. The number of amides is 1. The largest absolute Gasteiger partial charge is 0.378 e. The monoisotopic (exact) mass is 571 g/mol. The predicted octanol–water partition coefficient (Wildman–Crippen LogP) is 1.83. The number of hydrogen-bond donors (Lipinski definition) is 1. The van der Waals surface area contributed by atoms with Crippen molar-refractivity contribution in [2.45, 2.75) is 13.5 Å². The zero-order valence-electron chi connectivity index (χ0n) is 19.0. The van der Waals surface area contributed by atoms with Crippen LogP contribution in [0.4, 0.5) is 15.8 Å². The molecule has 1 N–H and O–H groups in total. The quantitative estimate of drug-likeness (QED) is 0.336. The summed E-state index contributed by atoms with van der Waals surface area (Å²) in [6.45, 7) is 7.05. The van der Waals surface area contributed by atoms with E-state index in [2.05, 4.69) is 15.4 Å². The summed E-state index contributed by atoms with van der Waals surface area (Å²) in [4.78, 5) is 23.1. The fourth-order valence-corrected chi connectivity index (χ4v) is 3.98. The first-order chi connectivity index (χ1) is 15.5. The highest BCUT2D eigenvalue weighted by Gasteiger charge is 2.27. The minimum atomic E-state index is -0.245.